The highest BCUT2D eigenvalue weighted by atomic mass is 79.9. The molecule has 0 aromatic heterocycles. The zero-order valence-electron chi connectivity index (χ0n) is 11.5. The van der Waals surface area contributed by atoms with Crippen LogP contribution in [-0.2, 0) is 4.74 Å². The molecular formula is C15H22BrNO2. The van der Waals surface area contributed by atoms with Gasteiger partial charge in [-0.2, -0.15) is 0 Å². The summed E-state index contributed by atoms with van der Waals surface area (Å²) in [7, 11) is 0. The maximum Gasteiger partial charge on any atom is 0.339 e. The van der Waals surface area contributed by atoms with Crippen LogP contribution in [0, 0.1) is 0 Å². The summed E-state index contributed by atoms with van der Waals surface area (Å²) < 4.78 is 5.96. The molecule has 3 nitrogen and oxygen atoms in total. The van der Waals surface area contributed by atoms with E-state index in [2.05, 4.69) is 22.9 Å². The first kappa shape index (κ1) is 16.0. The Morgan fingerprint density at radius 1 is 1.21 bits per heavy atom. The fraction of sp³-hybridized carbons (Fsp3) is 0.533. The van der Waals surface area contributed by atoms with Crippen LogP contribution in [0.25, 0.3) is 0 Å². The van der Waals surface area contributed by atoms with Crippen molar-refractivity contribution in [1.29, 1.82) is 0 Å². The second kappa shape index (κ2) is 8.97. The molecule has 0 spiro atoms. The fourth-order valence-corrected chi connectivity index (χ4v) is 2.23. The van der Waals surface area contributed by atoms with Gasteiger partial charge in [0.15, 0.2) is 0 Å². The predicted molar refractivity (Wildman–Crippen MR) is 82.2 cm³/mol. The number of carbonyl (C=O) groups excluding carboxylic acids is 1. The van der Waals surface area contributed by atoms with Crippen molar-refractivity contribution in [3.8, 4) is 0 Å². The number of hydrogen-bond donors (Lipinski definition) is 1. The topological polar surface area (TPSA) is 52.3 Å². The molecule has 19 heavy (non-hydrogen) atoms. The third-order valence-electron chi connectivity index (χ3n) is 2.94. The largest absolute Gasteiger partial charge is 0.462 e. The molecule has 0 aliphatic heterocycles. The number of anilines is 1. The van der Waals surface area contributed by atoms with E-state index in [9.17, 15) is 4.79 Å². The number of hydrogen-bond acceptors (Lipinski definition) is 3. The summed E-state index contributed by atoms with van der Waals surface area (Å²) in [6.45, 7) is 2.68. The molecule has 0 atom stereocenters. The Morgan fingerprint density at radius 2 is 1.89 bits per heavy atom. The van der Waals surface area contributed by atoms with Crippen LogP contribution >= 0.6 is 15.9 Å². The van der Waals surface area contributed by atoms with E-state index in [1.165, 1.54) is 25.7 Å². The van der Waals surface area contributed by atoms with Gasteiger partial charge in [0, 0.05) is 10.2 Å². The molecule has 4 heteroatoms. The molecule has 0 radical (unpaired) electrons. The first-order chi connectivity index (χ1) is 9.15. The third kappa shape index (κ3) is 6.10. The van der Waals surface area contributed by atoms with Crippen LogP contribution in [0.1, 0.15) is 55.8 Å². The van der Waals surface area contributed by atoms with Crippen molar-refractivity contribution < 1.29 is 9.53 Å². The van der Waals surface area contributed by atoms with E-state index in [1.807, 2.05) is 0 Å². The lowest BCUT2D eigenvalue weighted by atomic mass is 10.1. The molecule has 0 saturated heterocycles. The minimum Gasteiger partial charge on any atom is -0.462 e. The molecular weight excluding hydrogens is 306 g/mol. The normalized spacial score (nSPS) is 10.4. The van der Waals surface area contributed by atoms with E-state index >= 15 is 0 Å². The van der Waals surface area contributed by atoms with Crippen LogP contribution in [0.15, 0.2) is 22.7 Å². The lowest BCUT2D eigenvalue weighted by Crippen LogP contribution is -2.08. The maximum absolute atomic E-state index is 11.8. The molecule has 0 bridgehead atoms. The van der Waals surface area contributed by atoms with E-state index in [-0.39, 0.29) is 5.97 Å². The van der Waals surface area contributed by atoms with Crippen molar-refractivity contribution in [3.63, 3.8) is 0 Å². The molecule has 0 aliphatic carbocycles. The number of esters is 1. The highest BCUT2D eigenvalue weighted by Gasteiger charge is 2.11. The van der Waals surface area contributed by atoms with Gasteiger partial charge in [-0.1, -0.05) is 39.0 Å². The van der Waals surface area contributed by atoms with Crippen LogP contribution in [0.2, 0.25) is 0 Å². The lowest BCUT2D eigenvalue weighted by Gasteiger charge is -2.07. The molecule has 0 unspecified atom stereocenters. The van der Waals surface area contributed by atoms with Gasteiger partial charge in [-0.3, -0.25) is 0 Å². The van der Waals surface area contributed by atoms with Gasteiger partial charge >= 0.3 is 5.97 Å². The highest BCUT2D eigenvalue weighted by molar-refractivity contribution is 9.10. The number of ether oxygens (including phenoxy) is 1. The quantitative estimate of drug-likeness (QED) is 0.433. The number of unbranched alkanes of at least 4 members (excludes halogenated alkanes) is 5. The van der Waals surface area contributed by atoms with Crippen molar-refractivity contribution >= 4 is 27.6 Å². The monoisotopic (exact) mass is 327 g/mol. The van der Waals surface area contributed by atoms with Gasteiger partial charge in [0.25, 0.3) is 0 Å². The molecule has 2 N–H and O–H groups in total. The van der Waals surface area contributed by atoms with Crippen molar-refractivity contribution in [2.24, 2.45) is 0 Å². The predicted octanol–water partition coefficient (Wildman–Crippen LogP) is 4.55. The van der Waals surface area contributed by atoms with Crippen LogP contribution < -0.4 is 5.73 Å². The summed E-state index contributed by atoms with van der Waals surface area (Å²) in [6.07, 6.45) is 7.06. The number of rotatable bonds is 8. The van der Waals surface area contributed by atoms with E-state index < -0.39 is 0 Å². The number of benzene rings is 1. The Hall–Kier alpha value is -1.03. The van der Waals surface area contributed by atoms with Crippen molar-refractivity contribution in [2.45, 2.75) is 45.4 Å². The van der Waals surface area contributed by atoms with Crippen LogP contribution in [-0.4, -0.2) is 12.6 Å². The average molecular weight is 328 g/mol. The molecule has 0 aliphatic rings. The van der Waals surface area contributed by atoms with Gasteiger partial charge in [-0.25, -0.2) is 4.79 Å². The summed E-state index contributed by atoms with van der Waals surface area (Å²) in [5.74, 6) is -0.312. The number of halogens is 1. The highest BCUT2D eigenvalue weighted by Crippen LogP contribution is 2.20. The van der Waals surface area contributed by atoms with Crippen molar-refractivity contribution in [2.75, 3.05) is 12.3 Å². The molecule has 1 aromatic rings. The minimum atomic E-state index is -0.312. The second-order valence-electron chi connectivity index (χ2n) is 4.64. The molecule has 0 saturated carbocycles. The summed E-state index contributed by atoms with van der Waals surface area (Å²) >= 11 is 3.33. The van der Waals surface area contributed by atoms with Crippen LogP contribution in [0.5, 0.6) is 0 Å². The molecule has 1 aromatic carbocycles. The molecule has 1 rings (SSSR count). The van der Waals surface area contributed by atoms with Crippen LogP contribution in [0.3, 0.4) is 0 Å². The van der Waals surface area contributed by atoms with Gasteiger partial charge in [0.05, 0.1) is 12.2 Å². The smallest absolute Gasteiger partial charge is 0.339 e. The molecule has 0 heterocycles. The number of nitrogens with two attached hydrogens (primary N) is 1. The van der Waals surface area contributed by atoms with Gasteiger partial charge in [-0.15, -0.1) is 0 Å². The summed E-state index contributed by atoms with van der Waals surface area (Å²) in [5, 5.41) is 0. The summed E-state index contributed by atoms with van der Waals surface area (Å²) in [5.41, 5.74) is 6.72. The Kier molecular flexibility index (Phi) is 7.56. The van der Waals surface area contributed by atoms with E-state index in [4.69, 9.17) is 10.5 Å². The second-order valence-corrected chi connectivity index (χ2v) is 5.50. The molecule has 0 fully saturated rings. The number of carbonyl (C=O) groups is 1. The first-order valence-electron chi connectivity index (χ1n) is 6.87. The summed E-state index contributed by atoms with van der Waals surface area (Å²) in [4.78, 5) is 11.8. The standard InChI is InChI=1S/C15H22BrNO2/c1-2-3-4-5-6-7-10-19-15(18)13-11-12(17)8-9-14(13)16/h8-9,11H,2-7,10,17H2,1H3. The van der Waals surface area contributed by atoms with Gasteiger partial charge in [-0.05, 0) is 40.5 Å². The van der Waals surface area contributed by atoms with Gasteiger partial charge in [0.2, 0.25) is 0 Å². The zero-order chi connectivity index (χ0) is 14.1. The lowest BCUT2D eigenvalue weighted by molar-refractivity contribution is 0.0496. The van der Waals surface area contributed by atoms with Crippen molar-refractivity contribution in [1.82, 2.24) is 0 Å². The first-order valence-corrected chi connectivity index (χ1v) is 7.66. The number of nitrogen functional groups attached to an aromatic ring is 1. The summed E-state index contributed by atoms with van der Waals surface area (Å²) in [6, 6.07) is 5.14. The van der Waals surface area contributed by atoms with E-state index in [0.717, 1.165) is 17.3 Å². The average Bonchev–Trinajstić information content (AvgIpc) is 2.40. The Morgan fingerprint density at radius 3 is 2.63 bits per heavy atom. The van der Waals surface area contributed by atoms with Gasteiger partial charge in [0.1, 0.15) is 0 Å². The maximum atomic E-state index is 11.8. The third-order valence-corrected chi connectivity index (χ3v) is 3.63. The molecule has 106 valence electrons. The Labute approximate surface area is 123 Å². The van der Waals surface area contributed by atoms with Crippen LogP contribution in [0.4, 0.5) is 5.69 Å². The van der Waals surface area contributed by atoms with Crippen molar-refractivity contribution in [3.05, 3.63) is 28.2 Å². The van der Waals surface area contributed by atoms with E-state index in [1.54, 1.807) is 18.2 Å². The fourth-order valence-electron chi connectivity index (χ4n) is 1.82. The Bertz CT molecular complexity index is 407. The SMILES string of the molecule is CCCCCCCCOC(=O)c1cc(N)ccc1Br. The molecule has 0 amide bonds. The zero-order valence-corrected chi connectivity index (χ0v) is 13.0. The van der Waals surface area contributed by atoms with E-state index in [0.29, 0.717) is 17.9 Å². The van der Waals surface area contributed by atoms with Gasteiger partial charge < -0.3 is 10.5 Å². The Balaban J connectivity index is 2.26. The minimum absolute atomic E-state index is 0.312.